The highest BCUT2D eigenvalue weighted by Gasteiger charge is 2.26. The lowest BCUT2D eigenvalue weighted by Crippen LogP contribution is -2.24. The van der Waals surface area contributed by atoms with E-state index in [4.69, 9.17) is 4.98 Å². The van der Waals surface area contributed by atoms with Gasteiger partial charge in [-0.1, -0.05) is 30.7 Å². The number of hydrogen-bond donors (Lipinski definition) is 1. The van der Waals surface area contributed by atoms with Crippen LogP contribution in [0.25, 0.3) is 0 Å². The number of aromatic nitrogens is 2. The minimum atomic E-state index is -3.56. The molecule has 9 heteroatoms. The molecule has 1 aromatic carbocycles. The lowest BCUT2D eigenvalue weighted by Gasteiger charge is -2.19. The molecule has 1 heterocycles. The van der Waals surface area contributed by atoms with Crippen molar-refractivity contribution in [3.8, 4) is 0 Å². The third-order valence-corrected chi connectivity index (χ3v) is 8.45. The maximum absolute atomic E-state index is 12.8. The topological polar surface area (TPSA) is 84.3 Å². The van der Waals surface area contributed by atoms with Crippen LogP contribution in [-0.2, 0) is 14.8 Å². The summed E-state index contributed by atoms with van der Waals surface area (Å²) >= 11 is 1.45. The zero-order valence-electron chi connectivity index (χ0n) is 18.2. The van der Waals surface area contributed by atoms with Crippen LogP contribution < -0.4 is 5.32 Å². The molecule has 1 aromatic heterocycles. The van der Waals surface area contributed by atoms with Gasteiger partial charge in [0.25, 0.3) is 0 Å². The highest BCUT2D eigenvalue weighted by Crippen LogP contribution is 2.36. The number of benzene rings is 1. The molecule has 1 amide bonds. The van der Waals surface area contributed by atoms with Gasteiger partial charge in [0, 0.05) is 31.5 Å². The van der Waals surface area contributed by atoms with Crippen LogP contribution in [-0.4, -0.2) is 47.5 Å². The largest absolute Gasteiger partial charge is 0.325 e. The Kier molecular flexibility index (Phi) is 6.94. The summed E-state index contributed by atoms with van der Waals surface area (Å²) in [5.41, 5.74) is 2.62. The fraction of sp³-hybridized carbons (Fsp3) is 0.524. The second-order valence-electron chi connectivity index (χ2n) is 7.94. The molecule has 1 aliphatic rings. The van der Waals surface area contributed by atoms with Gasteiger partial charge >= 0.3 is 0 Å². The predicted molar refractivity (Wildman–Crippen MR) is 120 cm³/mol. The monoisotopic (exact) mass is 450 g/mol. The van der Waals surface area contributed by atoms with Crippen molar-refractivity contribution in [1.82, 2.24) is 13.9 Å². The molecule has 0 aliphatic heterocycles. The summed E-state index contributed by atoms with van der Waals surface area (Å²) < 4.78 is 28.1. The first kappa shape index (κ1) is 22.8. The summed E-state index contributed by atoms with van der Waals surface area (Å²) in [6.07, 6.45) is 4.76. The molecule has 0 bridgehead atoms. The van der Waals surface area contributed by atoms with E-state index in [2.05, 4.69) is 16.8 Å². The van der Waals surface area contributed by atoms with Gasteiger partial charge in [-0.15, -0.1) is 0 Å². The molecule has 1 saturated carbocycles. The predicted octanol–water partition coefficient (Wildman–Crippen LogP) is 3.98. The van der Waals surface area contributed by atoms with E-state index in [0.717, 1.165) is 28.0 Å². The molecule has 0 spiro atoms. The van der Waals surface area contributed by atoms with Gasteiger partial charge in [0.05, 0.1) is 15.8 Å². The van der Waals surface area contributed by atoms with Crippen LogP contribution in [0.4, 0.5) is 5.69 Å². The summed E-state index contributed by atoms with van der Waals surface area (Å²) in [5, 5.41) is 3.35. The molecule has 1 aliphatic carbocycles. The highest BCUT2D eigenvalue weighted by molar-refractivity contribution is 8.00. The summed E-state index contributed by atoms with van der Waals surface area (Å²) in [4.78, 5) is 17.7. The second-order valence-corrected chi connectivity index (χ2v) is 11.4. The number of aryl methyl sites for hydroxylation is 1. The molecule has 3 rings (SSSR count). The summed E-state index contributed by atoms with van der Waals surface area (Å²) in [6.45, 7) is 5.94. The van der Waals surface area contributed by atoms with Crippen molar-refractivity contribution in [2.75, 3.05) is 19.4 Å². The summed E-state index contributed by atoms with van der Waals surface area (Å²) in [7, 11) is -0.594. The summed E-state index contributed by atoms with van der Waals surface area (Å²) in [5.74, 6) is -0.185. The van der Waals surface area contributed by atoms with Gasteiger partial charge in [0.2, 0.25) is 15.9 Å². The van der Waals surface area contributed by atoms with Crippen molar-refractivity contribution in [2.24, 2.45) is 0 Å². The first-order chi connectivity index (χ1) is 14.1. The van der Waals surface area contributed by atoms with E-state index < -0.39 is 10.0 Å². The van der Waals surface area contributed by atoms with E-state index in [1.165, 1.54) is 56.5 Å². The van der Waals surface area contributed by atoms with Crippen molar-refractivity contribution in [1.29, 1.82) is 0 Å². The maximum atomic E-state index is 12.8. The number of sulfonamides is 1. The van der Waals surface area contributed by atoms with E-state index in [9.17, 15) is 13.2 Å². The normalized spacial score (nSPS) is 16.2. The van der Waals surface area contributed by atoms with Gasteiger partial charge in [-0.05, 0) is 51.8 Å². The number of amides is 1. The fourth-order valence-corrected chi connectivity index (χ4v) is 5.69. The van der Waals surface area contributed by atoms with Crippen molar-refractivity contribution in [3.05, 3.63) is 35.7 Å². The van der Waals surface area contributed by atoms with Crippen LogP contribution >= 0.6 is 11.8 Å². The Morgan fingerprint density at radius 1 is 1.27 bits per heavy atom. The number of rotatable bonds is 7. The Morgan fingerprint density at radius 2 is 1.93 bits per heavy atom. The SMILES string of the molecule is Cc1nc(S[C@@H](C)C(=O)Nc2cccc(S(=O)(=O)N(C)C)c2)n(C2CCCC2)c1C. The molecule has 30 heavy (non-hydrogen) atoms. The molecule has 7 nitrogen and oxygen atoms in total. The van der Waals surface area contributed by atoms with Crippen LogP contribution in [0.15, 0.2) is 34.3 Å². The molecule has 0 unspecified atom stereocenters. The van der Waals surface area contributed by atoms with Gasteiger partial charge in [-0.3, -0.25) is 4.79 Å². The first-order valence-corrected chi connectivity index (χ1v) is 12.5. The molecule has 0 radical (unpaired) electrons. The van der Waals surface area contributed by atoms with Crippen LogP contribution in [0.2, 0.25) is 0 Å². The average Bonchev–Trinajstić information content (AvgIpc) is 3.30. The van der Waals surface area contributed by atoms with E-state index in [-0.39, 0.29) is 16.1 Å². The van der Waals surface area contributed by atoms with Gasteiger partial charge in [0.1, 0.15) is 0 Å². The standard InChI is InChI=1S/C21H30N4O3S2/c1-14-15(2)25(18-10-6-7-11-18)21(22-14)29-16(3)20(26)23-17-9-8-12-19(13-17)30(27,28)24(4)5/h8-9,12-13,16,18H,6-7,10-11H2,1-5H3,(H,23,26)/t16-/m0/s1. The Labute approximate surface area is 183 Å². The van der Waals surface area contributed by atoms with E-state index in [1.54, 1.807) is 12.1 Å². The Hall–Kier alpha value is -1.84. The molecule has 1 atom stereocenters. The molecule has 2 aromatic rings. The van der Waals surface area contributed by atoms with Crippen LogP contribution in [0.5, 0.6) is 0 Å². The van der Waals surface area contributed by atoms with Crippen molar-refractivity contribution in [2.45, 2.75) is 67.8 Å². The number of thioether (sulfide) groups is 1. The summed E-state index contributed by atoms with van der Waals surface area (Å²) in [6, 6.07) is 6.78. The number of anilines is 1. The lowest BCUT2D eigenvalue weighted by atomic mass is 10.2. The number of carbonyl (C=O) groups is 1. The molecule has 0 saturated heterocycles. The number of carbonyl (C=O) groups excluding carboxylic acids is 1. The fourth-order valence-electron chi connectivity index (χ4n) is 3.67. The zero-order chi connectivity index (χ0) is 22.1. The zero-order valence-corrected chi connectivity index (χ0v) is 19.8. The maximum Gasteiger partial charge on any atom is 0.242 e. The Balaban J connectivity index is 1.74. The molecule has 164 valence electrons. The van der Waals surface area contributed by atoms with Gasteiger partial charge < -0.3 is 9.88 Å². The van der Waals surface area contributed by atoms with Gasteiger partial charge in [-0.2, -0.15) is 0 Å². The quantitative estimate of drug-likeness (QED) is 0.645. The second kappa shape index (κ2) is 9.11. The van der Waals surface area contributed by atoms with Gasteiger partial charge in [-0.25, -0.2) is 17.7 Å². The van der Waals surface area contributed by atoms with E-state index >= 15 is 0 Å². The van der Waals surface area contributed by atoms with Crippen LogP contribution in [0.3, 0.4) is 0 Å². The van der Waals surface area contributed by atoms with E-state index in [1.807, 2.05) is 13.8 Å². The first-order valence-electron chi connectivity index (χ1n) is 10.2. The average molecular weight is 451 g/mol. The number of hydrogen-bond acceptors (Lipinski definition) is 5. The van der Waals surface area contributed by atoms with E-state index in [0.29, 0.717) is 11.7 Å². The number of imidazole rings is 1. The van der Waals surface area contributed by atoms with Gasteiger partial charge in [0.15, 0.2) is 5.16 Å². The minimum Gasteiger partial charge on any atom is -0.325 e. The van der Waals surface area contributed by atoms with Crippen molar-refractivity contribution in [3.63, 3.8) is 0 Å². The smallest absolute Gasteiger partial charge is 0.242 e. The number of nitrogens with zero attached hydrogens (tertiary/aromatic N) is 3. The minimum absolute atomic E-state index is 0.147. The van der Waals surface area contributed by atoms with Crippen LogP contribution in [0.1, 0.15) is 50.0 Å². The Morgan fingerprint density at radius 3 is 2.57 bits per heavy atom. The third kappa shape index (κ3) is 4.73. The lowest BCUT2D eigenvalue weighted by molar-refractivity contribution is -0.115. The molecular weight excluding hydrogens is 420 g/mol. The molecular formula is C21H30N4O3S2. The van der Waals surface area contributed by atoms with Crippen molar-refractivity contribution >= 4 is 33.4 Å². The molecule has 1 fully saturated rings. The highest BCUT2D eigenvalue weighted by atomic mass is 32.2. The van der Waals surface area contributed by atoms with Crippen LogP contribution in [0, 0.1) is 13.8 Å². The van der Waals surface area contributed by atoms with Crippen molar-refractivity contribution < 1.29 is 13.2 Å². The number of nitrogens with one attached hydrogen (secondary N) is 1. The Bertz CT molecular complexity index is 1020. The molecule has 1 N–H and O–H groups in total. The third-order valence-electron chi connectivity index (χ3n) is 5.58.